The number of benzene rings is 1. The first-order chi connectivity index (χ1) is 11.2. The van der Waals surface area contributed by atoms with Crippen molar-refractivity contribution >= 4 is 28.1 Å². The standard InChI is InChI=1S/C17H12BrN3O2/c18-14-3-1-2-13(10-14)16-5-4-15(23-16)11-20-21-17(22)12-6-8-19-9-7-12/h1-11H,(H,21,22)/b20-11-. The lowest BCUT2D eigenvalue weighted by Crippen LogP contribution is -2.17. The summed E-state index contributed by atoms with van der Waals surface area (Å²) in [6.07, 6.45) is 4.56. The first-order valence-corrected chi connectivity index (χ1v) is 7.61. The van der Waals surface area contributed by atoms with E-state index in [1.807, 2.05) is 30.3 Å². The second-order valence-corrected chi connectivity index (χ2v) is 5.56. The Labute approximate surface area is 141 Å². The minimum absolute atomic E-state index is 0.303. The molecule has 2 aromatic heterocycles. The second-order valence-electron chi connectivity index (χ2n) is 4.65. The molecular formula is C17H12BrN3O2. The van der Waals surface area contributed by atoms with Gasteiger partial charge < -0.3 is 4.42 Å². The summed E-state index contributed by atoms with van der Waals surface area (Å²) in [6, 6.07) is 14.7. The van der Waals surface area contributed by atoms with Crippen LogP contribution < -0.4 is 5.43 Å². The highest BCUT2D eigenvalue weighted by atomic mass is 79.9. The van der Waals surface area contributed by atoms with Crippen molar-refractivity contribution in [2.24, 2.45) is 5.10 Å². The average Bonchev–Trinajstić information content (AvgIpc) is 3.04. The molecular weight excluding hydrogens is 358 g/mol. The molecule has 0 aliphatic heterocycles. The Morgan fingerprint density at radius 1 is 1.17 bits per heavy atom. The SMILES string of the molecule is O=C(N/N=C\c1ccc(-c2cccc(Br)c2)o1)c1ccncc1. The Morgan fingerprint density at radius 2 is 2.00 bits per heavy atom. The summed E-state index contributed by atoms with van der Waals surface area (Å²) < 4.78 is 6.66. The van der Waals surface area contributed by atoms with Crippen molar-refractivity contribution in [3.05, 3.63) is 76.7 Å². The van der Waals surface area contributed by atoms with E-state index in [1.54, 1.807) is 30.6 Å². The average molecular weight is 370 g/mol. The quantitative estimate of drug-likeness (QED) is 0.560. The van der Waals surface area contributed by atoms with Crippen LogP contribution in [-0.4, -0.2) is 17.1 Å². The number of nitrogens with zero attached hydrogens (tertiary/aromatic N) is 2. The first-order valence-electron chi connectivity index (χ1n) is 6.81. The van der Waals surface area contributed by atoms with Crippen LogP contribution in [0.15, 0.2) is 74.9 Å². The molecule has 0 unspecified atom stereocenters. The molecule has 6 heteroatoms. The number of amides is 1. The van der Waals surface area contributed by atoms with E-state index in [2.05, 4.69) is 31.4 Å². The van der Waals surface area contributed by atoms with Crippen molar-refractivity contribution in [1.82, 2.24) is 10.4 Å². The van der Waals surface area contributed by atoms with Crippen LogP contribution in [0.25, 0.3) is 11.3 Å². The third-order valence-corrected chi connectivity index (χ3v) is 3.53. The number of nitrogens with one attached hydrogen (secondary N) is 1. The van der Waals surface area contributed by atoms with E-state index in [0.717, 1.165) is 15.8 Å². The van der Waals surface area contributed by atoms with Gasteiger partial charge in [-0.15, -0.1) is 0 Å². The maximum atomic E-state index is 11.8. The maximum Gasteiger partial charge on any atom is 0.271 e. The lowest BCUT2D eigenvalue weighted by atomic mass is 10.2. The van der Waals surface area contributed by atoms with Crippen molar-refractivity contribution < 1.29 is 9.21 Å². The number of hydrogen-bond donors (Lipinski definition) is 1. The molecule has 114 valence electrons. The van der Waals surface area contributed by atoms with Crippen LogP contribution in [-0.2, 0) is 0 Å². The number of pyridine rings is 1. The highest BCUT2D eigenvalue weighted by molar-refractivity contribution is 9.10. The van der Waals surface area contributed by atoms with Gasteiger partial charge in [0.05, 0.1) is 6.21 Å². The monoisotopic (exact) mass is 369 g/mol. The summed E-state index contributed by atoms with van der Waals surface area (Å²) in [5, 5.41) is 3.89. The van der Waals surface area contributed by atoms with Gasteiger partial charge in [0.2, 0.25) is 0 Å². The summed E-state index contributed by atoms with van der Waals surface area (Å²) in [5.41, 5.74) is 3.89. The third-order valence-electron chi connectivity index (χ3n) is 3.04. The number of rotatable bonds is 4. The normalized spacial score (nSPS) is 10.8. The van der Waals surface area contributed by atoms with Gasteiger partial charge in [0.15, 0.2) is 0 Å². The fraction of sp³-hybridized carbons (Fsp3) is 0. The van der Waals surface area contributed by atoms with E-state index in [9.17, 15) is 4.79 Å². The van der Waals surface area contributed by atoms with E-state index in [0.29, 0.717) is 11.3 Å². The zero-order chi connectivity index (χ0) is 16.1. The van der Waals surface area contributed by atoms with Crippen LogP contribution in [0.2, 0.25) is 0 Å². The molecule has 0 aliphatic rings. The smallest absolute Gasteiger partial charge is 0.271 e. The number of carbonyl (C=O) groups is 1. The van der Waals surface area contributed by atoms with Gasteiger partial charge in [-0.05, 0) is 36.4 Å². The first kappa shape index (κ1) is 15.2. The van der Waals surface area contributed by atoms with Gasteiger partial charge in [0.1, 0.15) is 11.5 Å². The highest BCUT2D eigenvalue weighted by Crippen LogP contribution is 2.24. The minimum atomic E-state index is -0.303. The highest BCUT2D eigenvalue weighted by Gasteiger charge is 2.05. The molecule has 0 radical (unpaired) electrons. The largest absolute Gasteiger partial charge is 0.455 e. The molecule has 0 bridgehead atoms. The number of hydrazone groups is 1. The topological polar surface area (TPSA) is 67.5 Å². The second kappa shape index (κ2) is 7.02. The Morgan fingerprint density at radius 3 is 2.78 bits per heavy atom. The fourth-order valence-corrected chi connectivity index (χ4v) is 2.34. The van der Waals surface area contributed by atoms with Gasteiger partial charge in [-0.2, -0.15) is 5.10 Å². The summed E-state index contributed by atoms with van der Waals surface area (Å²) in [4.78, 5) is 15.7. The molecule has 0 saturated carbocycles. The lowest BCUT2D eigenvalue weighted by Gasteiger charge is -1.98. The lowest BCUT2D eigenvalue weighted by molar-refractivity contribution is 0.0955. The van der Waals surface area contributed by atoms with Gasteiger partial charge in [-0.3, -0.25) is 9.78 Å². The molecule has 0 spiro atoms. The summed E-state index contributed by atoms with van der Waals surface area (Å²) in [6.45, 7) is 0. The zero-order valence-corrected chi connectivity index (χ0v) is 13.5. The van der Waals surface area contributed by atoms with Crippen molar-refractivity contribution in [1.29, 1.82) is 0 Å². The molecule has 0 atom stereocenters. The number of halogens is 1. The van der Waals surface area contributed by atoms with Gasteiger partial charge in [0.25, 0.3) is 5.91 Å². The number of carbonyl (C=O) groups excluding carboxylic acids is 1. The summed E-state index contributed by atoms with van der Waals surface area (Å²) in [5.74, 6) is 0.977. The van der Waals surface area contributed by atoms with Crippen LogP contribution in [0.5, 0.6) is 0 Å². The molecule has 0 fully saturated rings. The Bertz CT molecular complexity index is 844. The molecule has 5 nitrogen and oxygen atoms in total. The van der Waals surface area contributed by atoms with Crippen molar-refractivity contribution in [2.45, 2.75) is 0 Å². The van der Waals surface area contributed by atoms with E-state index in [4.69, 9.17) is 4.42 Å². The molecule has 1 aromatic carbocycles. The van der Waals surface area contributed by atoms with Crippen molar-refractivity contribution in [2.75, 3.05) is 0 Å². The van der Waals surface area contributed by atoms with Gasteiger partial charge in [-0.25, -0.2) is 5.43 Å². The van der Waals surface area contributed by atoms with Crippen LogP contribution in [0, 0.1) is 0 Å². The summed E-state index contributed by atoms with van der Waals surface area (Å²) in [7, 11) is 0. The predicted octanol–water partition coefficient (Wildman–Crippen LogP) is 3.87. The van der Waals surface area contributed by atoms with E-state index in [1.165, 1.54) is 6.21 Å². The predicted molar refractivity (Wildman–Crippen MR) is 91.1 cm³/mol. The third kappa shape index (κ3) is 3.92. The molecule has 3 rings (SSSR count). The van der Waals surface area contributed by atoms with Gasteiger partial charge >= 0.3 is 0 Å². The van der Waals surface area contributed by atoms with E-state index < -0.39 is 0 Å². The van der Waals surface area contributed by atoms with Gasteiger partial charge in [0, 0.05) is 28.0 Å². The number of furan rings is 1. The van der Waals surface area contributed by atoms with Crippen LogP contribution >= 0.6 is 15.9 Å². The Kier molecular flexibility index (Phi) is 4.63. The molecule has 1 amide bonds. The number of aromatic nitrogens is 1. The Hall–Kier alpha value is -2.73. The van der Waals surface area contributed by atoms with Crippen molar-refractivity contribution in [3.8, 4) is 11.3 Å². The molecule has 2 heterocycles. The molecule has 1 N–H and O–H groups in total. The maximum absolute atomic E-state index is 11.8. The fourth-order valence-electron chi connectivity index (χ4n) is 1.94. The summed E-state index contributed by atoms with van der Waals surface area (Å²) >= 11 is 3.43. The van der Waals surface area contributed by atoms with E-state index >= 15 is 0 Å². The van der Waals surface area contributed by atoms with Crippen LogP contribution in [0.3, 0.4) is 0 Å². The Balaban J connectivity index is 1.66. The van der Waals surface area contributed by atoms with Crippen LogP contribution in [0.1, 0.15) is 16.1 Å². The minimum Gasteiger partial charge on any atom is -0.455 e. The van der Waals surface area contributed by atoms with Crippen molar-refractivity contribution in [3.63, 3.8) is 0 Å². The van der Waals surface area contributed by atoms with E-state index in [-0.39, 0.29) is 5.91 Å². The molecule has 0 aliphatic carbocycles. The number of hydrogen-bond acceptors (Lipinski definition) is 4. The molecule has 3 aromatic rings. The molecule has 0 saturated heterocycles. The zero-order valence-electron chi connectivity index (χ0n) is 11.9. The van der Waals surface area contributed by atoms with Crippen LogP contribution in [0.4, 0.5) is 0 Å². The molecule has 23 heavy (non-hydrogen) atoms. The van der Waals surface area contributed by atoms with Gasteiger partial charge in [-0.1, -0.05) is 28.1 Å².